The van der Waals surface area contributed by atoms with Gasteiger partial charge < -0.3 is 9.53 Å². The molecule has 0 heterocycles. The van der Waals surface area contributed by atoms with Gasteiger partial charge in [-0.1, -0.05) is 12.8 Å². The maximum Gasteiger partial charge on any atom is 0.149 e. The van der Waals surface area contributed by atoms with E-state index < -0.39 is 0 Å². The normalized spacial score (nSPS) is 22.9. The van der Waals surface area contributed by atoms with Gasteiger partial charge in [-0.2, -0.15) is 0 Å². The summed E-state index contributed by atoms with van der Waals surface area (Å²) in [4.78, 5) is 10.4. The van der Waals surface area contributed by atoms with Crippen molar-refractivity contribution in [1.82, 2.24) is 0 Å². The Hall–Kier alpha value is -0.370. The second kappa shape index (κ2) is 3.71. The van der Waals surface area contributed by atoms with Gasteiger partial charge in [0.2, 0.25) is 0 Å². The number of aldehydes is 1. The van der Waals surface area contributed by atoms with Crippen LogP contribution < -0.4 is 0 Å². The molecule has 1 fully saturated rings. The van der Waals surface area contributed by atoms with E-state index in [0.717, 1.165) is 19.1 Å². The van der Waals surface area contributed by atoms with E-state index in [1.165, 1.54) is 12.8 Å². The summed E-state index contributed by atoms with van der Waals surface area (Å²) >= 11 is 0. The molecule has 10 heavy (non-hydrogen) atoms. The van der Waals surface area contributed by atoms with Crippen molar-refractivity contribution >= 4 is 6.29 Å². The first kappa shape index (κ1) is 7.73. The summed E-state index contributed by atoms with van der Waals surface area (Å²) in [6.07, 6.45) is 5.64. The quantitative estimate of drug-likeness (QED) is 0.556. The highest BCUT2D eigenvalue weighted by atomic mass is 16.5. The van der Waals surface area contributed by atoms with E-state index in [-0.39, 0.29) is 6.10 Å². The molecule has 1 rings (SSSR count). The van der Waals surface area contributed by atoms with Crippen LogP contribution in [0.4, 0.5) is 0 Å². The Kier molecular flexibility index (Phi) is 2.87. The molecular weight excluding hydrogens is 128 g/mol. The second-order valence-electron chi connectivity index (χ2n) is 2.88. The third-order valence-electron chi connectivity index (χ3n) is 2.27. The van der Waals surface area contributed by atoms with Crippen LogP contribution in [-0.4, -0.2) is 19.5 Å². The van der Waals surface area contributed by atoms with Crippen molar-refractivity contribution in [3.8, 4) is 0 Å². The Morgan fingerprint density at radius 3 is 2.50 bits per heavy atom. The fourth-order valence-electron chi connectivity index (χ4n) is 1.65. The van der Waals surface area contributed by atoms with Crippen LogP contribution in [0.15, 0.2) is 0 Å². The van der Waals surface area contributed by atoms with Gasteiger partial charge in [-0.15, -0.1) is 0 Å². The molecule has 2 heteroatoms. The summed E-state index contributed by atoms with van der Waals surface area (Å²) in [6.45, 7) is 0. The van der Waals surface area contributed by atoms with E-state index in [2.05, 4.69) is 0 Å². The van der Waals surface area contributed by atoms with E-state index >= 15 is 0 Å². The number of carbonyl (C=O) groups excluding carboxylic acids is 1. The largest absolute Gasteiger partial charge is 0.374 e. The SMILES string of the molecule is CO[C@H](C=O)C1CCCC1. The molecule has 0 bridgehead atoms. The maximum absolute atomic E-state index is 10.4. The zero-order valence-corrected chi connectivity index (χ0v) is 6.38. The topological polar surface area (TPSA) is 26.3 Å². The number of hydrogen-bond acceptors (Lipinski definition) is 2. The molecule has 1 aliphatic carbocycles. The summed E-state index contributed by atoms with van der Waals surface area (Å²) in [5, 5.41) is 0. The third kappa shape index (κ3) is 1.57. The minimum absolute atomic E-state index is 0.137. The predicted octanol–water partition coefficient (Wildman–Crippen LogP) is 1.39. The van der Waals surface area contributed by atoms with Gasteiger partial charge in [-0.25, -0.2) is 0 Å². The Bertz CT molecular complexity index is 106. The molecule has 0 unspecified atom stereocenters. The molecule has 0 aliphatic heterocycles. The van der Waals surface area contributed by atoms with E-state index in [0.29, 0.717) is 5.92 Å². The van der Waals surface area contributed by atoms with Crippen molar-refractivity contribution in [1.29, 1.82) is 0 Å². The van der Waals surface area contributed by atoms with Crippen LogP contribution >= 0.6 is 0 Å². The fraction of sp³-hybridized carbons (Fsp3) is 0.875. The smallest absolute Gasteiger partial charge is 0.149 e. The minimum atomic E-state index is -0.137. The lowest BCUT2D eigenvalue weighted by atomic mass is 10.0. The number of methoxy groups -OCH3 is 1. The van der Waals surface area contributed by atoms with Crippen molar-refractivity contribution in [2.45, 2.75) is 31.8 Å². The van der Waals surface area contributed by atoms with Crippen molar-refractivity contribution < 1.29 is 9.53 Å². The summed E-state index contributed by atoms with van der Waals surface area (Å²) in [5.74, 6) is 0.502. The van der Waals surface area contributed by atoms with E-state index in [9.17, 15) is 4.79 Å². The van der Waals surface area contributed by atoms with Gasteiger partial charge in [0.05, 0.1) is 0 Å². The third-order valence-corrected chi connectivity index (χ3v) is 2.27. The van der Waals surface area contributed by atoms with Gasteiger partial charge in [0, 0.05) is 7.11 Å². The van der Waals surface area contributed by atoms with E-state index in [1.54, 1.807) is 7.11 Å². The van der Waals surface area contributed by atoms with Crippen LogP contribution in [0.25, 0.3) is 0 Å². The van der Waals surface area contributed by atoms with E-state index in [1.807, 2.05) is 0 Å². The average molecular weight is 142 g/mol. The van der Waals surface area contributed by atoms with Gasteiger partial charge in [0.1, 0.15) is 12.4 Å². The first-order valence-electron chi connectivity index (χ1n) is 3.86. The lowest BCUT2D eigenvalue weighted by Crippen LogP contribution is -2.21. The van der Waals surface area contributed by atoms with Crippen LogP contribution in [0.1, 0.15) is 25.7 Å². The van der Waals surface area contributed by atoms with Crippen molar-refractivity contribution in [2.75, 3.05) is 7.11 Å². The molecule has 0 N–H and O–H groups in total. The fourth-order valence-corrected chi connectivity index (χ4v) is 1.65. The molecule has 0 amide bonds. The molecule has 1 atom stereocenters. The Balaban J connectivity index is 2.36. The highest BCUT2D eigenvalue weighted by Gasteiger charge is 2.23. The lowest BCUT2D eigenvalue weighted by Gasteiger charge is -2.14. The van der Waals surface area contributed by atoms with Crippen LogP contribution in [0.2, 0.25) is 0 Å². The first-order chi connectivity index (χ1) is 4.88. The first-order valence-corrected chi connectivity index (χ1v) is 3.86. The van der Waals surface area contributed by atoms with Crippen molar-refractivity contribution in [3.63, 3.8) is 0 Å². The predicted molar refractivity (Wildman–Crippen MR) is 38.8 cm³/mol. The van der Waals surface area contributed by atoms with Gasteiger partial charge in [0.25, 0.3) is 0 Å². The molecule has 0 aromatic heterocycles. The van der Waals surface area contributed by atoms with Gasteiger partial charge in [-0.05, 0) is 18.8 Å². The number of hydrogen-bond donors (Lipinski definition) is 0. The maximum atomic E-state index is 10.4. The Labute approximate surface area is 61.6 Å². The van der Waals surface area contributed by atoms with Gasteiger partial charge >= 0.3 is 0 Å². The molecule has 2 nitrogen and oxygen atoms in total. The molecule has 0 saturated heterocycles. The van der Waals surface area contributed by atoms with Gasteiger partial charge in [-0.3, -0.25) is 0 Å². The summed E-state index contributed by atoms with van der Waals surface area (Å²) in [7, 11) is 1.61. The highest BCUT2D eigenvalue weighted by molar-refractivity contribution is 5.56. The summed E-state index contributed by atoms with van der Waals surface area (Å²) < 4.78 is 5.02. The van der Waals surface area contributed by atoms with Crippen LogP contribution in [0.3, 0.4) is 0 Å². The van der Waals surface area contributed by atoms with E-state index in [4.69, 9.17) is 4.74 Å². The number of carbonyl (C=O) groups is 1. The minimum Gasteiger partial charge on any atom is -0.374 e. The van der Waals surface area contributed by atoms with Gasteiger partial charge in [0.15, 0.2) is 0 Å². The zero-order chi connectivity index (χ0) is 7.40. The average Bonchev–Trinajstić information content (AvgIpc) is 2.43. The molecule has 0 radical (unpaired) electrons. The molecule has 1 saturated carbocycles. The summed E-state index contributed by atoms with van der Waals surface area (Å²) in [5.41, 5.74) is 0. The number of ether oxygens (including phenoxy) is 1. The van der Waals surface area contributed by atoms with Crippen LogP contribution in [0, 0.1) is 5.92 Å². The number of rotatable bonds is 3. The zero-order valence-electron chi connectivity index (χ0n) is 6.38. The monoisotopic (exact) mass is 142 g/mol. The Morgan fingerprint density at radius 1 is 1.50 bits per heavy atom. The molecular formula is C8H14O2. The highest BCUT2D eigenvalue weighted by Crippen LogP contribution is 2.27. The molecule has 0 aromatic carbocycles. The van der Waals surface area contributed by atoms with Crippen molar-refractivity contribution in [3.05, 3.63) is 0 Å². The van der Waals surface area contributed by atoms with Crippen LogP contribution in [0.5, 0.6) is 0 Å². The molecule has 58 valence electrons. The lowest BCUT2D eigenvalue weighted by molar-refractivity contribution is -0.119. The standard InChI is InChI=1S/C8H14O2/c1-10-8(6-9)7-4-2-3-5-7/h6-8H,2-5H2,1H3/t8-/m1/s1. The summed E-state index contributed by atoms with van der Waals surface area (Å²) in [6, 6.07) is 0. The second-order valence-corrected chi connectivity index (χ2v) is 2.88. The van der Waals surface area contributed by atoms with Crippen molar-refractivity contribution in [2.24, 2.45) is 5.92 Å². The molecule has 0 spiro atoms. The van der Waals surface area contributed by atoms with Crippen LogP contribution in [-0.2, 0) is 9.53 Å². The molecule has 0 aromatic rings. The Morgan fingerprint density at radius 2 is 2.10 bits per heavy atom. The molecule has 1 aliphatic rings.